The average molecular weight is 391 g/mol. The number of nitrogens with zero attached hydrogens (tertiary/aromatic N) is 1. The molecule has 0 aliphatic carbocycles. The molecule has 3 N–H and O–H groups in total. The summed E-state index contributed by atoms with van der Waals surface area (Å²) in [5.41, 5.74) is 1.15. The molecule has 1 heterocycles. The van der Waals surface area contributed by atoms with Crippen molar-refractivity contribution in [2.75, 3.05) is 26.1 Å². The van der Waals surface area contributed by atoms with Crippen LogP contribution in [0.1, 0.15) is 8.55 Å². The summed E-state index contributed by atoms with van der Waals surface area (Å²) in [5.74, 6) is 0. The van der Waals surface area contributed by atoms with Crippen molar-refractivity contribution in [2.24, 2.45) is 0 Å². The van der Waals surface area contributed by atoms with Gasteiger partial charge in [0.25, 0.3) is 20.2 Å². The molecule has 0 saturated carbocycles. The first-order valence-electron chi connectivity index (χ1n) is 5.33. The molecule has 22 heavy (non-hydrogen) atoms. The largest absolute Gasteiger partial charge is 2.00 e. The third-order valence-corrected chi connectivity index (χ3v) is 1.36. The summed E-state index contributed by atoms with van der Waals surface area (Å²) < 4.78 is 51.7. The van der Waals surface area contributed by atoms with Crippen LogP contribution in [-0.2, 0) is 26.7 Å². The van der Waals surface area contributed by atoms with Gasteiger partial charge in [0.15, 0.2) is 0 Å². The van der Waals surface area contributed by atoms with Gasteiger partial charge in [-0.2, -0.15) is 16.8 Å². The zero-order valence-electron chi connectivity index (χ0n) is 14.6. The van der Waals surface area contributed by atoms with Crippen LogP contribution in [0.25, 0.3) is 0 Å². The summed E-state index contributed by atoms with van der Waals surface area (Å²) in [6.07, 6.45) is 4.27. The Kier molecular flexibility index (Phi) is 21.6. The molecule has 0 atom stereocenters. The number of aromatic nitrogens is 1. The second kappa shape index (κ2) is 15.9. The van der Waals surface area contributed by atoms with Gasteiger partial charge in [-0.1, -0.05) is 6.07 Å². The molecule has 0 saturated heterocycles. The van der Waals surface area contributed by atoms with E-state index in [1.54, 1.807) is 0 Å². The molecular formula is C10H23ClMgN2O6S2. The number of rotatable bonds is 3. The van der Waals surface area contributed by atoms with Gasteiger partial charge in [-0.05, 0) is 19.2 Å². The van der Waals surface area contributed by atoms with Crippen molar-refractivity contribution in [1.29, 1.82) is 0 Å². The molecule has 0 fully saturated rings. The fourth-order valence-electron chi connectivity index (χ4n) is 0.799. The molecule has 1 aromatic heterocycles. The van der Waals surface area contributed by atoms with E-state index in [1.807, 2.05) is 31.4 Å². The van der Waals surface area contributed by atoms with E-state index in [2.05, 4.69) is 10.3 Å². The monoisotopic (exact) mass is 390 g/mol. The van der Waals surface area contributed by atoms with E-state index in [-0.39, 0.29) is 38.3 Å². The minimum Gasteiger partial charge on any atom is -1.00 e. The quantitative estimate of drug-likeness (QED) is 0.489. The van der Waals surface area contributed by atoms with Crippen molar-refractivity contribution >= 4 is 55.7 Å². The van der Waals surface area contributed by atoms with Crippen LogP contribution in [0.3, 0.4) is 0 Å². The first-order valence-corrected chi connectivity index (χ1v) is 9.02. The summed E-state index contributed by atoms with van der Waals surface area (Å²) in [4.78, 5) is 4.18. The van der Waals surface area contributed by atoms with Gasteiger partial charge in [0.1, 0.15) is 0 Å². The maximum absolute atomic E-state index is 9.19. The molecule has 1 aromatic rings. The molecule has 12 heteroatoms. The average Bonchev–Trinajstić information content (AvgIpc) is 2.23. The molecule has 0 radical (unpaired) electrons. The number of pyridine rings is 1. The summed E-state index contributed by atoms with van der Waals surface area (Å²) in [7, 11) is -5.39. The normalized spacial score (nSPS) is 9.68. The third kappa shape index (κ3) is 50.1. The van der Waals surface area contributed by atoms with E-state index in [0.717, 1.165) is 18.7 Å². The Morgan fingerprint density at radius 2 is 1.55 bits per heavy atom. The molecule has 0 aromatic carbocycles. The summed E-state index contributed by atoms with van der Waals surface area (Å²) in [6.45, 7) is 0.997. The van der Waals surface area contributed by atoms with Gasteiger partial charge in [-0.15, -0.1) is 12.4 Å². The Bertz CT molecular complexity index is 518. The number of hydrogen-bond donors (Lipinski definition) is 3. The van der Waals surface area contributed by atoms with Crippen molar-refractivity contribution in [1.82, 2.24) is 10.3 Å². The van der Waals surface area contributed by atoms with Crippen LogP contribution in [0.2, 0.25) is 0 Å². The Balaban J connectivity index is -0.0000000511. The van der Waals surface area contributed by atoms with Crippen molar-refractivity contribution in [2.45, 2.75) is 6.42 Å². The Morgan fingerprint density at radius 1 is 1.14 bits per heavy atom. The van der Waals surface area contributed by atoms with Crippen LogP contribution < -0.4 is 5.32 Å². The fourth-order valence-corrected chi connectivity index (χ4v) is 0.799. The molecule has 0 bridgehead atoms. The Hall–Kier alpha value is -0.0138. The molecule has 0 spiro atoms. The zero-order chi connectivity index (χ0) is 16.2. The minimum atomic E-state index is -3.67. The molecule has 0 aliphatic heterocycles. The van der Waals surface area contributed by atoms with Crippen molar-refractivity contribution in [3.63, 3.8) is 0 Å². The number of nitrogens with one attached hydrogen (secondary N) is 1. The van der Waals surface area contributed by atoms with Crippen molar-refractivity contribution < 1.29 is 28.8 Å². The smallest absolute Gasteiger partial charge is 1.00 e. The van der Waals surface area contributed by atoms with Gasteiger partial charge in [-0.25, -0.2) is 0 Å². The maximum Gasteiger partial charge on any atom is 2.00 e. The summed E-state index contributed by atoms with van der Waals surface area (Å²) >= 11 is 0. The van der Waals surface area contributed by atoms with Crippen LogP contribution in [0.5, 0.6) is 0 Å². The van der Waals surface area contributed by atoms with Gasteiger partial charge in [0, 0.05) is 24.9 Å². The Labute approximate surface area is 157 Å². The second-order valence-corrected chi connectivity index (χ2v) is 6.57. The van der Waals surface area contributed by atoms with E-state index in [0.29, 0.717) is 12.5 Å². The van der Waals surface area contributed by atoms with E-state index in [4.69, 9.17) is 9.11 Å². The topological polar surface area (TPSA) is 134 Å². The van der Waals surface area contributed by atoms with Gasteiger partial charge >= 0.3 is 23.1 Å². The molecule has 8 nitrogen and oxygen atoms in total. The van der Waals surface area contributed by atoms with Gasteiger partial charge < -0.3 is 8.17 Å². The van der Waals surface area contributed by atoms with E-state index < -0.39 is 20.2 Å². The fraction of sp³-hybridized carbons (Fsp3) is 0.500. The van der Waals surface area contributed by atoms with E-state index >= 15 is 0 Å². The van der Waals surface area contributed by atoms with Crippen LogP contribution in [0, 0.1) is 0 Å². The minimum absolute atomic E-state index is 0. The molecule has 0 aliphatic rings. The Morgan fingerprint density at radius 3 is 1.82 bits per heavy atom. The third-order valence-electron chi connectivity index (χ3n) is 1.36. The molecule has 0 amide bonds. The number of likely N-dealkylation sites (N-methyl/N-ethyl adjacent to an activating group) is 1. The van der Waals surface area contributed by atoms with E-state index in [9.17, 15) is 16.8 Å². The number of halogens is 1. The van der Waals surface area contributed by atoms with Crippen LogP contribution >= 0.6 is 12.4 Å². The first kappa shape index (κ1) is 29.9. The van der Waals surface area contributed by atoms with Gasteiger partial charge in [0.05, 0.1) is 12.5 Å². The first-order chi connectivity index (χ1) is 8.93. The predicted molar refractivity (Wildman–Crippen MR) is 92.0 cm³/mol. The van der Waals surface area contributed by atoms with Gasteiger partial charge in [0.2, 0.25) is 0 Å². The molecular weight excluding hydrogens is 368 g/mol. The maximum atomic E-state index is 9.19. The second-order valence-electron chi connectivity index (χ2n) is 3.64. The standard InChI is InChI=1S/C8H12N2.2CH4O3S.ClH.Mg.2H/c1-9-7-5-8-4-2-3-6-10-8;2*1-5(2,3)4;;;;/h2-4,6,9H,5,7H2,1H3;2*1H3,(H,2,3,4);1H;;;/q;;;;+2;2*-1. The molecule has 1 rings (SSSR count). The summed E-state index contributed by atoms with van der Waals surface area (Å²) in [5, 5.41) is 3.08. The SMILES string of the molecule is CNCCc1ccccn1.CS(=O)(=O)O.CS(=O)(=O)O.Cl.[H-].[H-].[Mg+2]. The predicted octanol–water partition coefficient (Wildman–Crippen LogP) is 0.118. The molecule has 0 unspecified atom stereocenters. The van der Waals surface area contributed by atoms with Crippen LogP contribution in [0.15, 0.2) is 24.4 Å². The molecule has 130 valence electrons. The number of hydrogen-bond acceptors (Lipinski definition) is 6. The van der Waals surface area contributed by atoms with Gasteiger partial charge in [-0.3, -0.25) is 14.1 Å². The van der Waals surface area contributed by atoms with Crippen LogP contribution in [0.4, 0.5) is 0 Å². The van der Waals surface area contributed by atoms with Crippen molar-refractivity contribution in [3.8, 4) is 0 Å². The van der Waals surface area contributed by atoms with Crippen LogP contribution in [-0.4, -0.2) is 80.1 Å². The van der Waals surface area contributed by atoms with E-state index in [1.165, 1.54) is 0 Å². The zero-order valence-corrected chi connectivity index (χ0v) is 16.5. The van der Waals surface area contributed by atoms with Crippen molar-refractivity contribution in [3.05, 3.63) is 30.1 Å². The summed E-state index contributed by atoms with van der Waals surface area (Å²) in [6, 6.07) is 5.98.